The molecule has 0 aliphatic rings. The van der Waals surface area contributed by atoms with Crippen LogP contribution < -0.4 is 5.32 Å². The second-order valence-corrected chi connectivity index (χ2v) is 5.40. The lowest BCUT2D eigenvalue weighted by molar-refractivity contribution is 0.102. The summed E-state index contributed by atoms with van der Waals surface area (Å²) in [5, 5.41) is 3.45. The van der Waals surface area contributed by atoms with Crippen molar-refractivity contribution in [2.75, 3.05) is 5.32 Å². The van der Waals surface area contributed by atoms with Crippen LogP contribution in [0.2, 0.25) is 5.02 Å². The van der Waals surface area contributed by atoms with Crippen molar-refractivity contribution < 1.29 is 4.79 Å². The maximum atomic E-state index is 12.1. The van der Waals surface area contributed by atoms with Crippen molar-refractivity contribution in [3.05, 3.63) is 63.1 Å². The molecule has 0 saturated heterocycles. The Kier molecular flexibility index (Phi) is 4.61. The van der Waals surface area contributed by atoms with E-state index in [1.54, 1.807) is 18.2 Å². The van der Waals surface area contributed by atoms with Crippen LogP contribution in [0.1, 0.15) is 22.8 Å². The lowest BCUT2D eigenvalue weighted by Crippen LogP contribution is -2.11. The van der Waals surface area contributed by atoms with Crippen LogP contribution in [0, 0.1) is 0 Å². The van der Waals surface area contributed by atoms with Gasteiger partial charge in [0.25, 0.3) is 5.91 Å². The number of carbonyl (C=O) groups excluding carboxylic acids is 1. The number of rotatable bonds is 3. The zero-order valence-corrected chi connectivity index (χ0v) is 12.8. The topological polar surface area (TPSA) is 29.1 Å². The first-order chi connectivity index (χ1) is 9.10. The Morgan fingerprint density at radius 3 is 2.47 bits per heavy atom. The molecule has 0 fully saturated rings. The molecule has 98 valence electrons. The van der Waals surface area contributed by atoms with Crippen LogP contribution in [0.4, 0.5) is 5.69 Å². The lowest BCUT2D eigenvalue weighted by atomic mass is 10.1. The molecule has 0 bridgehead atoms. The average Bonchev–Trinajstić information content (AvgIpc) is 2.43. The first-order valence-electron chi connectivity index (χ1n) is 5.95. The highest BCUT2D eigenvalue weighted by atomic mass is 79.9. The van der Waals surface area contributed by atoms with Crippen molar-refractivity contribution in [3.8, 4) is 0 Å². The molecule has 4 heteroatoms. The Balaban J connectivity index is 2.13. The quantitative estimate of drug-likeness (QED) is 0.846. The molecule has 0 aliphatic heterocycles. The minimum Gasteiger partial charge on any atom is -0.322 e. The molecule has 1 amide bonds. The van der Waals surface area contributed by atoms with Gasteiger partial charge in [0.2, 0.25) is 0 Å². The molecule has 2 rings (SSSR count). The number of carbonyl (C=O) groups is 1. The molecule has 2 aromatic carbocycles. The van der Waals surface area contributed by atoms with Crippen LogP contribution in [-0.4, -0.2) is 5.91 Å². The zero-order chi connectivity index (χ0) is 13.8. The van der Waals surface area contributed by atoms with Gasteiger partial charge in [0, 0.05) is 15.7 Å². The summed E-state index contributed by atoms with van der Waals surface area (Å²) in [4.78, 5) is 12.1. The van der Waals surface area contributed by atoms with Crippen LogP contribution in [0.15, 0.2) is 46.9 Å². The van der Waals surface area contributed by atoms with Gasteiger partial charge in [-0.05, 0) is 58.2 Å². The van der Waals surface area contributed by atoms with Crippen molar-refractivity contribution >= 4 is 39.1 Å². The van der Waals surface area contributed by atoms with E-state index in [9.17, 15) is 4.79 Å². The molecule has 2 aromatic rings. The van der Waals surface area contributed by atoms with Gasteiger partial charge in [0.1, 0.15) is 0 Å². The number of halogens is 2. The van der Waals surface area contributed by atoms with E-state index in [0.717, 1.165) is 10.9 Å². The van der Waals surface area contributed by atoms with Crippen molar-refractivity contribution in [3.63, 3.8) is 0 Å². The number of hydrogen-bond acceptors (Lipinski definition) is 1. The number of aryl methyl sites for hydroxylation is 1. The molecule has 19 heavy (non-hydrogen) atoms. The van der Waals surface area contributed by atoms with Crippen molar-refractivity contribution in [1.29, 1.82) is 0 Å². The zero-order valence-electron chi connectivity index (χ0n) is 10.4. The van der Waals surface area contributed by atoms with Crippen molar-refractivity contribution in [2.24, 2.45) is 0 Å². The molecule has 0 radical (unpaired) electrons. The van der Waals surface area contributed by atoms with Crippen molar-refractivity contribution in [1.82, 2.24) is 0 Å². The lowest BCUT2D eigenvalue weighted by Gasteiger charge is -2.07. The van der Waals surface area contributed by atoms with E-state index in [2.05, 4.69) is 28.2 Å². The van der Waals surface area contributed by atoms with Gasteiger partial charge in [-0.1, -0.05) is 30.7 Å². The van der Waals surface area contributed by atoms with Gasteiger partial charge in [0.05, 0.1) is 5.02 Å². The molecule has 0 saturated carbocycles. The minimum absolute atomic E-state index is 0.128. The summed E-state index contributed by atoms with van der Waals surface area (Å²) in [6.07, 6.45) is 0.964. The highest BCUT2D eigenvalue weighted by Gasteiger charge is 2.07. The first-order valence-corrected chi connectivity index (χ1v) is 7.12. The Bertz CT molecular complexity index is 596. The Hall–Kier alpha value is -1.32. The van der Waals surface area contributed by atoms with Crippen molar-refractivity contribution in [2.45, 2.75) is 13.3 Å². The summed E-state index contributed by atoms with van der Waals surface area (Å²) in [6.45, 7) is 2.08. The van der Waals surface area contributed by atoms with E-state index >= 15 is 0 Å². The largest absolute Gasteiger partial charge is 0.322 e. The smallest absolute Gasteiger partial charge is 0.255 e. The predicted octanol–water partition coefficient (Wildman–Crippen LogP) is 4.92. The highest BCUT2D eigenvalue weighted by molar-refractivity contribution is 9.10. The van der Waals surface area contributed by atoms with E-state index in [4.69, 9.17) is 11.6 Å². The van der Waals surface area contributed by atoms with Gasteiger partial charge in [-0.15, -0.1) is 0 Å². The Labute approximate surface area is 125 Å². The summed E-state index contributed by atoms with van der Waals surface area (Å²) in [5.74, 6) is -0.128. The summed E-state index contributed by atoms with van der Waals surface area (Å²) in [5.41, 5.74) is 2.56. The number of hydrogen-bond donors (Lipinski definition) is 1. The molecule has 0 unspecified atom stereocenters. The molecule has 0 aliphatic carbocycles. The minimum atomic E-state index is -0.128. The van der Waals surface area contributed by atoms with Gasteiger partial charge in [-0.2, -0.15) is 0 Å². The van der Waals surface area contributed by atoms with Crippen LogP contribution in [0.25, 0.3) is 0 Å². The van der Waals surface area contributed by atoms with E-state index in [1.165, 1.54) is 5.56 Å². The summed E-state index contributed by atoms with van der Waals surface area (Å²) < 4.78 is 0.758. The van der Waals surface area contributed by atoms with Gasteiger partial charge in [0.15, 0.2) is 0 Å². The molecular weight excluding hydrogens is 326 g/mol. The predicted molar refractivity (Wildman–Crippen MR) is 82.9 cm³/mol. The third-order valence-electron chi connectivity index (χ3n) is 2.80. The first kappa shape index (κ1) is 14.1. The van der Waals surface area contributed by atoms with Gasteiger partial charge >= 0.3 is 0 Å². The average molecular weight is 339 g/mol. The molecule has 0 heterocycles. The molecule has 0 spiro atoms. The van der Waals surface area contributed by atoms with E-state index in [0.29, 0.717) is 16.3 Å². The number of nitrogens with one attached hydrogen (secondary N) is 1. The van der Waals surface area contributed by atoms with Gasteiger partial charge in [-0.3, -0.25) is 4.79 Å². The standard InChI is InChI=1S/C15H13BrClNO/c1-2-10-3-5-11(6-4-10)15(19)18-12-7-8-14(17)13(16)9-12/h3-9H,2H2,1H3,(H,18,19). The second-order valence-electron chi connectivity index (χ2n) is 4.13. The fourth-order valence-electron chi connectivity index (χ4n) is 1.67. The third-order valence-corrected chi connectivity index (χ3v) is 4.02. The summed E-state index contributed by atoms with van der Waals surface area (Å²) >= 11 is 9.24. The summed E-state index contributed by atoms with van der Waals surface area (Å²) in [6, 6.07) is 12.9. The highest BCUT2D eigenvalue weighted by Crippen LogP contribution is 2.25. The van der Waals surface area contributed by atoms with Crippen LogP contribution in [0.3, 0.4) is 0 Å². The molecule has 2 nitrogen and oxygen atoms in total. The number of amides is 1. The van der Waals surface area contributed by atoms with Gasteiger partial charge < -0.3 is 5.32 Å². The molecule has 0 aromatic heterocycles. The monoisotopic (exact) mass is 337 g/mol. The maximum Gasteiger partial charge on any atom is 0.255 e. The molecular formula is C15H13BrClNO. The fourth-order valence-corrected chi connectivity index (χ4v) is 2.17. The third kappa shape index (κ3) is 3.58. The normalized spacial score (nSPS) is 10.3. The maximum absolute atomic E-state index is 12.1. The van der Waals surface area contributed by atoms with Crippen LogP contribution in [-0.2, 0) is 6.42 Å². The number of anilines is 1. The van der Waals surface area contributed by atoms with E-state index in [-0.39, 0.29) is 5.91 Å². The van der Waals surface area contributed by atoms with E-state index in [1.807, 2.05) is 24.3 Å². The van der Waals surface area contributed by atoms with Crippen LogP contribution >= 0.6 is 27.5 Å². The molecule has 1 N–H and O–H groups in total. The Morgan fingerprint density at radius 1 is 1.21 bits per heavy atom. The second kappa shape index (κ2) is 6.22. The number of benzene rings is 2. The SMILES string of the molecule is CCc1ccc(C(=O)Nc2ccc(Cl)c(Br)c2)cc1. The van der Waals surface area contributed by atoms with E-state index < -0.39 is 0 Å². The van der Waals surface area contributed by atoms with Crippen LogP contribution in [0.5, 0.6) is 0 Å². The van der Waals surface area contributed by atoms with Gasteiger partial charge in [-0.25, -0.2) is 0 Å². The Morgan fingerprint density at radius 2 is 1.89 bits per heavy atom. The summed E-state index contributed by atoms with van der Waals surface area (Å²) in [7, 11) is 0. The molecule has 0 atom stereocenters. The fraction of sp³-hybridized carbons (Fsp3) is 0.133.